The summed E-state index contributed by atoms with van der Waals surface area (Å²) in [5.74, 6) is 0.254. The highest BCUT2D eigenvalue weighted by Gasteiger charge is 2.59. The Labute approximate surface area is 156 Å². The van der Waals surface area contributed by atoms with Crippen LogP contribution in [0.4, 0.5) is 5.69 Å². The maximum atomic E-state index is 13.0. The van der Waals surface area contributed by atoms with E-state index in [1.54, 1.807) is 10.9 Å². The van der Waals surface area contributed by atoms with Crippen LogP contribution in [-0.2, 0) is 10.3 Å². The first-order valence-electron chi connectivity index (χ1n) is 9.65. The Balaban J connectivity index is 1.54. The number of hydrogen-bond acceptors (Lipinski definition) is 4. The molecule has 7 heteroatoms. The third-order valence-corrected chi connectivity index (χ3v) is 7.35. The molecule has 0 spiro atoms. The molecule has 1 heterocycles. The number of carbonyl (C=O) groups is 1. The van der Waals surface area contributed by atoms with Crippen molar-refractivity contribution in [3.05, 3.63) is 21.6 Å². The lowest BCUT2D eigenvalue weighted by molar-refractivity contribution is -0.151. The van der Waals surface area contributed by atoms with Gasteiger partial charge in [-0.05, 0) is 68.6 Å². The van der Waals surface area contributed by atoms with Crippen molar-refractivity contribution in [2.45, 2.75) is 69.4 Å². The Kier molecular flexibility index (Phi) is 3.49. The van der Waals surface area contributed by atoms with Gasteiger partial charge in [0.05, 0.1) is 23.8 Å². The van der Waals surface area contributed by atoms with E-state index in [0.29, 0.717) is 23.6 Å². The maximum absolute atomic E-state index is 13.0. The van der Waals surface area contributed by atoms with E-state index in [1.165, 1.54) is 0 Å². The van der Waals surface area contributed by atoms with Gasteiger partial charge in [-0.3, -0.25) is 9.59 Å². The minimum atomic E-state index is -0.732. The number of carboxylic acid groups (broad SMARTS) is 1. The fourth-order valence-corrected chi connectivity index (χ4v) is 6.68. The molecule has 0 amide bonds. The van der Waals surface area contributed by atoms with Gasteiger partial charge in [0, 0.05) is 6.04 Å². The number of anilines is 1. The Hall–Kier alpha value is -1.56. The molecule has 2 unspecified atom stereocenters. The fourth-order valence-electron chi connectivity index (χ4n) is 6.50. The zero-order chi connectivity index (χ0) is 18.1. The largest absolute Gasteiger partial charge is 0.481 e. The lowest BCUT2D eigenvalue weighted by Crippen LogP contribution is -2.59. The van der Waals surface area contributed by atoms with Crippen molar-refractivity contribution in [1.82, 2.24) is 9.78 Å². The predicted molar refractivity (Wildman–Crippen MR) is 97.5 cm³/mol. The molecule has 5 saturated carbocycles. The molecule has 140 valence electrons. The van der Waals surface area contributed by atoms with Gasteiger partial charge in [0.1, 0.15) is 5.02 Å². The van der Waals surface area contributed by atoms with E-state index >= 15 is 0 Å². The summed E-state index contributed by atoms with van der Waals surface area (Å²) in [5, 5.41) is 17.5. The minimum Gasteiger partial charge on any atom is -0.481 e. The van der Waals surface area contributed by atoms with E-state index in [4.69, 9.17) is 11.6 Å². The van der Waals surface area contributed by atoms with Crippen LogP contribution in [0.3, 0.4) is 0 Å². The summed E-state index contributed by atoms with van der Waals surface area (Å²) in [7, 11) is 0. The van der Waals surface area contributed by atoms with Gasteiger partial charge in [-0.25, -0.2) is 4.68 Å². The van der Waals surface area contributed by atoms with Crippen LogP contribution in [0.2, 0.25) is 5.02 Å². The number of nitrogens with one attached hydrogen (secondary N) is 1. The summed E-state index contributed by atoms with van der Waals surface area (Å²) < 4.78 is 1.61. The molecule has 5 fully saturated rings. The highest BCUT2D eigenvalue weighted by molar-refractivity contribution is 6.32. The van der Waals surface area contributed by atoms with Gasteiger partial charge < -0.3 is 10.4 Å². The lowest BCUT2D eigenvalue weighted by Gasteiger charge is -2.61. The molecule has 2 atom stereocenters. The number of rotatable bonds is 5. The summed E-state index contributed by atoms with van der Waals surface area (Å²) >= 11 is 6.40. The normalized spacial score (nSPS) is 37.7. The average Bonchev–Trinajstić information content (AvgIpc) is 3.33. The van der Waals surface area contributed by atoms with Crippen molar-refractivity contribution in [3.8, 4) is 0 Å². The van der Waals surface area contributed by atoms with E-state index in [2.05, 4.69) is 10.4 Å². The van der Waals surface area contributed by atoms with Crippen molar-refractivity contribution < 1.29 is 9.90 Å². The third-order valence-electron chi connectivity index (χ3n) is 6.98. The zero-order valence-electron chi connectivity index (χ0n) is 14.7. The number of aliphatic carboxylic acids is 1. The van der Waals surface area contributed by atoms with E-state index in [-0.39, 0.29) is 28.0 Å². The molecule has 26 heavy (non-hydrogen) atoms. The second-order valence-corrected chi connectivity index (χ2v) is 9.64. The lowest BCUT2D eigenvalue weighted by atomic mass is 9.46. The monoisotopic (exact) mass is 377 g/mol. The van der Waals surface area contributed by atoms with Crippen LogP contribution in [0.15, 0.2) is 11.0 Å². The Morgan fingerprint density at radius 3 is 2.62 bits per heavy atom. The first-order chi connectivity index (χ1) is 12.4. The van der Waals surface area contributed by atoms with Crippen LogP contribution < -0.4 is 10.9 Å². The topological polar surface area (TPSA) is 84.2 Å². The third kappa shape index (κ3) is 2.56. The molecule has 5 aliphatic carbocycles. The number of hydrogen-bond donors (Lipinski definition) is 2. The van der Waals surface area contributed by atoms with Gasteiger partial charge in [-0.15, -0.1) is 0 Å². The average molecular weight is 378 g/mol. The number of carboxylic acids is 1. The van der Waals surface area contributed by atoms with Gasteiger partial charge >= 0.3 is 5.97 Å². The van der Waals surface area contributed by atoms with Crippen molar-refractivity contribution in [1.29, 1.82) is 0 Å². The number of aromatic nitrogens is 2. The molecule has 0 aromatic carbocycles. The molecule has 0 aliphatic heterocycles. The summed E-state index contributed by atoms with van der Waals surface area (Å²) in [4.78, 5) is 24.5. The van der Waals surface area contributed by atoms with Gasteiger partial charge in [0.25, 0.3) is 5.56 Å². The van der Waals surface area contributed by atoms with Gasteiger partial charge in [0.15, 0.2) is 0 Å². The SMILES string of the molecule is O=C(O)CC12CC3CC(C1)CC(n1ncc(NC4CC4)c(Cl)c1=O)(C3)C2. The van der Waals surface area contributed by atoms with E-state index in [1.807, 2.05) is 0 Å². The van der Waals surface area contributed by atoms with Gasteiger partial charge in [-0.2, -0.15) is 5.10 Å². The Morgan fingerprint density at radius 2 is 2.00 bits per heavy atom. The second kappa shape index (κ2) is 5.47. The van der Waals surface area contributed by atoms with Crippen molar-refractivity contribution in [3.63, 3.8) is 0 Å². The second-order valence-electron chi connectivity index (χ2n) is 9.26. The summed E-state index contributed by atoms with van der Waals surface area (Å²) in [6.07, 6.45) is 9.77. The Morgan fingerprint density at radius 1 is 1.31 bits per heavy atom. The van der Waals surface area contributed by atoms with Crippen LogP contribution in [0.5, 0.6) is 0 Å². The van der Waals surface area contributed by atoms with Gasteiger partial charge in [0.2, 0.25) is 0 Å². The first-order valence-corrected chi connectivity index (χ1v) is 10.0. The molecule has 0 radical (unpaired) electrons. The van der Waals surface area contributed by atoms with Gasteiger partial charge in [-0.1, -0.05) is 11.6 Å². The molecule has 1 aromatic heterocycles. The van der Waals surface area contributed by atoms with Crippen molar-refractivity contribution in [2.24, 2.45) is 17.3 Å². The van der Waals surface area contributed by atoms with Crippen LogP contribution in [0.1, 0.15) is 57.8 Å². The molecule has 1 aromatic rings. The quantitative estimate of drug-likeness (QED) is 0.822. The minimum absolute atomic E-state index is 0.186. The maximum Gasteiger partial charge on any atom is 0.303 e. The van der Waals surface area contributed by atoms with Crippen molar-refractivity contribution >= 4 is 23.3 Å². The van der Waals surface area contributed by atoms with Crippen molar-refractivity contribution in [2.75, 3.05) is 5.32 Å². The standard InChI is InChI=1S/C19H24ClN3O3/c20-16-14(22-13-1-2-13)9-21-23(17(16)26)19-6-11-3-12(7-19)5-18(4-11,10-19)8-15(24)25/h9,11-13,22H,1-8,10H2,(H,24,25). The highest BCUT2D eigenvalue weighted by atomic mass is 35.5. The summed E-state index contributed by atoms with van der Waals surface area (Å²) in [6.45, 7) is 0. The van der Waals surface area contributed by atoms with E-state index in [9.17, 15) is 14.7 Å². The van der Waals surface area contributed by atoms with Crippen LogP contribution in [0.25, 0.3) is 0 Å². The number of nitrogens with zero attached hydrogens (tertiary/aromatic N) is 2. The fraction of sp³-hybridized carbons (Fsp3) is 0.737. The predicted octanol–water partition coefficient (Wildman–Crippen LogP) is 3.24. The molecule has 4 bridgehead atoms. The van der Waals surface area contributed by atoms with Crippen LogP contribution in [0, 0.1) is 17.3 Å². The first kappa shape index (κ1) is 16.6. The molecular formula is C19H24ClN3O3. The smallest absolute Gasteiger partial charge is 0.303 e. The molecule has 2 N–H and O–H groups in total. The molecule has 0 saturated heterocycles. The Bertz CT molecular complexity index is 818. The molecule has 5 aliphatic rings. The highest BCUT2D eigenvalue weighted by Crippen LogP contribution is 2.65. The van der Waals surface area contributed by atoms with Crippen LogP contribution >= 0.6 is 11.6 Å². The summed E-state index contributed by atoms with van der Waals surface area (Å²) in [5.41, 5.74) is -0.155. The molecular weight excluding hydrogens is 354 g/mol. The van der Waals surface area contributed by atoms with Crippen LogP contribution in [-0.4, -0.2) is 26.9 Å². The number of halogens is 1. The summed E-state index contributed by atoms with van der Waals surface area (Å²) in [6, 6.07) is 0.405. The van der Waals surface area contributed by atoms with E-state index in [0.717, 1.165) is 51.4 Å². The zero-order valence-corrected chi connectivity index (χ0v) is 15.5. The molecule has 6 nitrogen and oxygen atoms in total. The molecule has 6 rings (SSSR count). The van der Waals surface area contributed by atoms with E-state index < -0.39 is 5.97 Å².